The maximum atomic E-state index is 3.55. The van der Waals surface area contributed by atoms with E-state index in [1.165, 1.54) is 55.1 Å². The Hall–Kier alpha value is -6.82. The highest BCUT2D eigenvalue weighted by Gasteiger charge is 2.15. The third-order valence-electron chi connectivity index (χ3n) is 9.94. The molecule has 10 rings (SSSR count). The molecule has 50 heavy (non-hydrogen) atoms. The Morgan fingerprint density at radius 3 is 1.64 bits per heavy atom. The molecular formula is C48H30N2. The number of rotatable bonds is 5. The summed E-state index contributed by atoms with van der Waals surface area (Å²) in [7, 11) is 0. The fraction of sp³-hybridized carbons (Fsp3) is 0. The maximum Gasteiger partial charge on any atom is 0.0638 e. The van der Waals surface area contributed by atoms with Gasteiger partial charge in [0.25, 0.3) is 0 Å². The van der Waals surface area contributed by atoms with E-state index >= 15 is 0 Å². The zero-order valence-electron chi connectivity index (χ0n) is 27.2. The average Bonchev–Trinajstić information content (AvgIpc) is 3.71. The first-order valence-electron chi connectivity index (χ1n) is 17.0. The van der Waals surface area contributed by atoms with Crippen LogP contribution in [0.15, 0.2) is 182 Å². The highest BCUT2D eigenvalue weighted by Crippen LogP contribution is 2.37. The third kappa shape index (κ3) is 4.53. The first-order valence-corrected chi connectivity index (χ1v) is 17.0. The van der Waals surface area contributed by atoms with Gasteiger partial charge in [-0.05, 0) is 82.4 Å². The van der Waals surface area contributed by atoms with Crippen molar-refractivity contribution in [2.24, 2.45) is 0 Å². The molecule has 0 amide bonds. The molecule has 0 spiro atoms. The SMILES string of the molecule is c1c(-c2ccc(-c3ccc4c(c3)c3ccccc3n4-c3ccccc3)cc2)cc2c(c#1)c1ccccc1n2-c1cccc(-c2ccccc2)c1. The Bertz CT molecular complexity index is 2840. The molecule has 8 aromatic carbocycles. The molecule has 0 aliphatic carbocycles. The van der Waals surface area contributed by atoms with Crippen LogP contribution in [0, 0.1) is 12.1 Å². The summed E-state index contributed by atoms with van der Waals surface area (Å²) >= 11 is 0. The monoisotopic (exact) mass is 634 g/mol. The average molecular weight is 635 g/mol. The third-order valence-corrected chi connectivity index (χ3v) is 9.94. The van der Waals surface area contributed by atoms with E-state index in [1.807, 2.05) is 0 Å². The molecule has 0 unspecified atom stereocenters. The number of nitrogens with zero attached hydrogens (tertiary/aromatic N) is 2. The van der Waals surface area contributed by atoms with Crippen LogP contribution in [0.3, 0.4) is 0 Å². The summed E-state index contributed by atoms with van der Waals surface area (Å²) in [5.41, 5.74) is 13.9. The van der Waals surface area contributed by atoms with E-state index in [2.05, 4.69) is 203 Å². The lowest BCUT2D eigenvalue weighted by atomic mass is 9.99. The largest absolute Gasteiger partial charge is 0.309 e. The van der Waals surface area contributed by atoms with Gasteiger partial charge in [-0.3, -0.25) is 0 Å². The van der Waals surface area contributed by atoms with Crippen LogP contribution in [-0.2, 0) is 0 Å². The first kappa shape index (κ1) is 28.2. The molecular weight excluding hydrogens is 605 g/mol. The Balaban J connectivity index is 1.06. The Morgan fingerprint density at radius 1 is 0.300 bits per heavy atom. The fourth-order valence-electron chi connectivity index (χ4n) is 7.57. The summed E-state index contributed by atoms with van der Waals surface area (Å²) in [6.07, 6.45) is 0. The van der Waals surface area contributed by atoms with Crippen LogP contribution in [0.5, 0.6) is 0 Å². The van der Waals surface area contributed by atoms with E-state index in [-0.39, 0.29) is 0 Å². The summed E-state index contributed by atoms with van der Waals surface area (Å²) in [6.45, 7) is 0. The Morgan fingerprint density at radius 2 is 0.840 bits per heavy atom. The van der Waals surface area contributed by atoms with Gasteiger partial charge >= 0.3 is 0 Å². The van der Waals surface area contributed by atoms with E-state index in [9.17, 15) is 0 Å². The van der Waals surface area contributed by atoms with E-state index in [0.29, 0.717) is 0 Å². The summed E-state index contributed by atoms with van der Waals surface area (Å²) in [5.74, 6) is 0. The van der Waals surface area contributed by atoms with Gasteiger partial charge in [0.05, 0.1) is 27.5 Å². The van der Waals surface area contributed by atoms with Crippen molar-refractivity contribution in [2.45, 2.75) is 0 Å². The molecule has 2 heteroatoms. The van der Waals surface area contributed by atoms with Gasteiger partial charge in [0.2, 0.25) is 0 Å². The zero-order chi connectivity index (χ0) is 33.0. The van der Waals surface area contributed by atoms with Crippen molar-refractivity contribution in [2.75, 3.05) is 0 Å². The lowest BCUT2D eigenvalue weighted by molar-refractivity contribution is 1.18. The maximum absolute atomic E-state index is 3.55. The molecule has 0 N–H and O–H groups in total. The standard InChI is InChI=1S/C48H30N2/c1-3-12-33(13-4-1)36-14-11-17-40(30-36)50-45-20-9-7-18-41(45)43-28-26-38(32-48(43)50)35-24-22-34(23-25-35)37-27-29-47-44(31-37)42-19-8-10-21-46(42)49(47)39-15-5-2-6-16-39/h1-25,27,29-32H. The van der Waals surface area contributed by atoms with Crippen LogP contribution in [0.1, 0.15) is 0 Å². The van der Waals surface area contributed by atoms with E-state index in [1.54, 1.807) is 0 Å². The van der Waals surface area contributed by atoms with E-state index < -0.39 is 0 Å². The molecule has 0 radical (unpaired) electrons. The number of hydrogen-bond donors (Lipinski definition) is 0. The number of fused-ring (bicyclic) bond motifs is 6. The molecule has 0 atom stereocenters. The van der Waals surface area contributed by atoms with Crippen LogP contribution in [0.4, 0.5) is 0 Å². The number of aromatic nitrogens is 2. The van der Waals surface area contributed by atoms with Gasteiger partial charge in [0, 0.05) is 33.1 Å². The lowest BCUT2D eigenvalue weighted by Crippen LogP contribution is -1.94. The quantitative estimate of drug-likeness (QED) is 0.178. The second kappa shape index (κ2) is 11.4. The molecule has 0 bridgehead atoms. The zero-order valence-corrected chi connectivity index (χ0v) is 27.2. The highest BCUT2D eigenvalue weighted by molar-refractivity contribution is 6.11. The fourth-order valence-corrected chi connectivity index (χ4v) is 7.57. The number of benzene rings is 7. The first-order chi connectivity index (χ1) is 24.8. The van der Waals surface area contributed by atoms with Crippen molar-refractivity contribution < 1.29 is 0 Å². The minimum absolute atomic E-state index is 1.02. The minimum Gasteiger partial charge on any atom is -0.309 e. The van der Waals surface area contributed by atoms with Crippen LogP contribution < -0.4 is 0 Å². The Kier molecular flexibility index (Phi) is 6.44. The molecule has 0 aliphatic rings. The number of hydrogen-bond acceptors (Lipinski definition) is 0. The molecule has 0 saturated carbocycles. The summed E-state index contributed by atoms with van der Waals surface area (Å²) in [4.78, 5) is 0. The van der Waals surface area contributed by atoms with Gasteiger partial charge in [-0.2, -0.15) is 0 Å². The normalized spacial score (nSPS) is 11.4. The topological polar surface area (TPSA) is 9.86 Å². The summed E-state index contributed by atoms with van der Waals surface area (Å²) < 4.78 is 4.72. The van der Waals surface area contributed by atoms with E-state index in [0.717, 1.165) is 33.2 Å². The molecule has 2 nitrogen and oxygen atoms in total. The van der Waals surface area contributed by atoms with Gasteiger partial charge in [0.1, 0.15) is 0 Å². The van der Waals surface area contributed by atoms with Crippen LogP contribution in [0.25, 0.3) is 88.4 Å². The van der Waals surface area contributed by atoms with Crippen LogP contribution in [-0.4, -0.2) is 9.13 Å². The summed E-state index contributed by atoms with van der Waals surface area (Å²) in [6, 6.07) is 72.3. The highest BCUT2D eigenvalue weighted by atomic mass is 15.0. The number of para-hydroxylation sites is 3. The van der Waals surface area contributed by atoms with Crippen molar-refractivity contribution in [1.29, 1.82) is 0 Å². The lowest BCUT2D eigenvalue weighted by Gasteiger charge is -2.11. The minimum atomic E-state index is 1.02. The second-order valence-corrected chi connectivity index (χ2v) is 12.8. The summed E-state index contributed by atoms with van der Waals surface area (Å²) in [5, 5.41) is 4.76. The predicted octanol–water partition coefficient (Wildman–Crippen LogP) is 12.5. The molecule has 2 aromatic heterocycles. The molecule has 0 saturated heterocycles. The van der Waals surface area contributed by atoms with Crippen LogP contribution in [0.2, 0.25) is 0 Å². The van der Waals surface area contributed by atoms with Crippen molar-refractivity contribution in [3.63, 3.8) is 0 Å². The Labute approximate surface area is 290 Å². The van der Waals surface area contributed by atoms with Crippen molar-refractivity contribution in [3.8, 4) is 44.8 Å². The second-order valence-electron chi connectivity index (χ2n) is 12.8. The smallest absolute Gasteiger partial charge is 0.0638 e. The van der Waals surface area contributed by atoms with Gasteiger partial charge < -0.3 is 9.13 Å². The molecule has 0 fully saturated rings. The van der Waals surface area contributed by atoms with Crippen molar-refractivity contribution >= 4 is 43.6 Å². The molecule has 2 heterocycles. The molecule has 10 aromatic rings. The molecule has 232 valence electrons. The van der Waals surface area contributed by atoms with Gasteiger partial charge in [-0.15, -0.1) is 0 Å². The van der Waals surface area contributed by atoms with Crippen LogP contribution >= 0.6 is 0 Å². The predicted molar refractivity (Wildman–Crippen MR) is 209 cm³/mol. The molecule has 0 aliphatic heterocycles. The van der Waals surface area contributed by atoms with Crippen molar-refractivity contribution in [1.82, 2.24) is 9.13 Å². The van der Waals surface area contributed by atoms with Gasteiger partial charge in [-0.25, -0.2) is 0 Å². The van der Waals surface area contributed by atoms with Gasteiger partial charge in [-0.1, -0.05) is 140 Å². The van der Waals surface area contributed by atoms with Gasteiger partial charge in [0.15, 0.2) is 0 Å². The van der Waals surface area contributed by atoms with E-state index in [4.69, 9.17) is 0 Å². The van der Waals surface area contributed by atoms with Crippen molar-refractivity contribution in [3.05, 3.63) is 194 Å².